The molecule has 1 fully saturated rings. The van der Waals surface area contributed by atoms with Crippen LogP contribution in [0.25, 0.3) is 10.9 Å². The van der Waals surface area contributed by atoms with Gasteiger partial charge in [-0.25, -0.2) is 4.99 Å². The summed E-state index contributed by atoms with van der Waals surface area (Å²) in [6, 6.07) is 11.5. The molecule has 1 aliphatic rings. The van der Waals surface area contributed by atoms with E-state index in [2.05, 4.69) is 43.9 Å². The molecule has 2 aromatic heterocycles. The predicted molar refractivity (Wildman–Crippen MR) is 133 cm³/mol. The summed E-state index contributed by atoms with van der Waals surface area (Å²) < 4.78 is 0. The fourth-order valence-electron chi connectivity index (χ4n) is 4.00. The van der Waals surface area contributed by atoms with Gasteiger partial charge in [-0.15, -0.1) is 0 Å². The monoisotopic (exact) mass is 446 g/mol. The van der Waals surface area contributed by atoms with Crippen molar-refractivity contribution in [3.8, 4) is 6.19 Å². The van der Waals surface area contributed by atoms with E-state index in [9.17, 15) is 5.26 Å². The minimum atomic E-state index is 0. The van der Waals surface area contributed by atoms with E-state index < -0.39 is 0 Å². The van der Waals surface area contributed by atoms with E-state index in [1.54, 1.807) is 12.3 Å². The van der Waals surface area contributed by atoms with Crippen molar-refractivity contribution in [3.63, 3.8) is 0 Å². The second-order valence-electron chi connectivity index (χ2n) is 7.98. The summed E-state index contributed by atoms with van der Waals surface area (Å²) in [6.45, 7) is 6.29. The molecule has 0 saturated carbocycles. The lowest BCUT2D eigenvalue weighted by molar-refractivity contribution is 0.220. The minimum absolute atomic E-state index is 0. The summed E-state index contributed by atoms with van der Waals surface area (Å²) in [7, 11) is 0. The lowest BCUT2D eigenvalue weighted by atomic mass is 9.99. The number of hydrogen-bond acceptors (Lipinski definition) is 8. The molecule has 3 aromatic rings. The van der Waals surface area contributed by atoms with Crippen LogP contribution >= 0.6 is 0 Å². The fourth-order valence-corrected chi connectivity index (χ4v) is 4.00. The second-order valence-corrected chi connectivity index (χ2v) is 7.98. The zero-order valence-corrected chi connectivity index (χ0v) is 18.1. The molecule has 0 spiro atoms. The first kappa shape index (κ1) is 23.5. The summed E-state index contributed by atoms with van der Waals surface area (Å²) in [5.74, 6) is 2.00. The maximum atomic E-state index is 9.44. The number of guanidine groups is 1. The van der Waals surface area contributed by atoms with Gasteiger partial charge in [-0.2, -0.15) is 15.2 Å². The molecule has 1 aliphatic heterocycles. The van der Waals surface area contributed by atoms with Gasteiger partial charge in [0, 0.05) is 37.3 Å². The quantitative estimate of drug-likeness (QED) is 0.239. The molecule has 1 atom stereocenters. The Kier molecular flexibility index (Phi) is 7.13. The lowest BCUT2D eigenvalue weighted by Gasteiger charge is -2.44. The van der Waals surface area contributed by atoms with Gasteiger partial charge in [-0.05, 0) is 30.2 Å². The van der Waals surface area contributed by atoms with Crippen molar-refractivity contribution in [1.29, 1.82) is 5.26 Å². The predicted octanol–water partition coefficient (Wildman–Crippen LogP) is 2.73. The highest BCUT2D eigenvalue weighted by atomic mass is 15.4. The minimum Gasteiger partial charge on any atom is -0.383 e. The highest BCUT2D eigenvalue weighted by Crippen LogP contribution is 2.27. The number of hydrogen-bond donors (Lipinski definition) is 3. The molecule has 1 saturated heterocycles. The lowest BCUT2D eigenvalue weighted by Crippen LogP contribution is -2.59. The van der Waals surface area contributed by atoms with Crippen molar-refractivity contribution in [2.24, 2.45) is 10.9 Å². The molecular formula is C23H30N10. The van der Waals surface area contributed by atoms with Crippen molar-refractivity contribution in [1.82, 2.24) is 25.2 Å². The summed E-state index contributed by atoms with van der Waals surface area (Å²) in [6.07, 6.45) is 3.80. The Hall–Kier alpha value is -4.13. The van der Waals surface area contributed by atoms with Crippen LogP contribution in [0.5, 0.6) is 0 Å². The maximum Gasteiger partial charge on any atom is 0.223 e. The van der Waals surface area contributed by atoms with Crippen LogP contribution < -0.4 is 21.7 Å². The van der Waals surface area contributed by atoms with Crippen molar-refractivity contribution in [2.45, 2.75) is 27.3 Å². The Labute approximate surface area is 194 Å². The molecule has 33 heavy (non-hydrogen) atoms. The number of nitrogen functional groups attached to an aromatic ring is 2. The van der Waals surface area contributed by atoms with Crippen molar-refractivity contribution in [3.05, 3.63) is 42.6 Å². The van der Waals surface area contributed by atoms with Gasteiger partial charge in [0.25, 0.3) is 0 Å². The second kappa shape index (κ2) is 9.99. The van der Waals surface area contributed by atoms with E-state index in [0.29, 0.717) is 37.2 Å². The molecule has 5 N–H and O–H groups in total. The van der Waals surface area contributed by atoms with Crippen molar-refractivity contribution >= 4 is 40.1 Å². The van der Waals surface area contributed by atoms with Gasteiger partial charge < -0.3 is 21.3 Å². The van der Waals surface area contributed by atoms with Gasteiger partial charge in [0.2, 0.25) is 11.9 Å². The van der Waals surface area contributed by atoms with Crippen LogP contribution in [0.4, 0.5) is 23.3 Å². The first-order valence-corrected chi connectivity index (χ1v) is 10.5. The Morgan fingerprint density at radius 2 is 2.03 bits per heavy atom. The molecule has 10 nitrogen and oxygen atoms in total. The zero-order chi connectivity index (χ0) is 22.7. The van der Waals surface area contributed by atoms with Crippen molar-refractivity contribution in [2.75, 3.05) is 36.0 Å². The van der Waals surface area contributed by atoms with Gasteiger partial charge in [0.1, 0.15) is 11.6 Å². The van der Waals surface area contributed by atoms with Crippen LogP contribution in [0, 0.1) is 17.4 Å². The molecule has 0 unspecified atom stereocenters. The molecule has 3 heterocycles. The topological polar surface area (TPSA) is 145 Å². The third-order valence-corrected chi connectivity index (χ3v) is 5.55. The molecule has 1 aromatic carbocycles. The molecular weight excluding hydrogens is 416 g/mol. The number of pyridine rings is 1. The number of fused-ring (bicyclic) bond motifs is 1. The Bertz CT molecular complexity index is 1160. The number of aromatic nitrogens is 3. The normalized spacial score (nSPS) is 16.4. The largest absolute Gasteiger partial charge is 0.383 e. The van der Waals surface area contributed by atoms with Gasteiger partial charge in [-0.1, -0.05) is 27.3 Å². The number of anilines is 3. The maximum absolute atomic E-state index is 9.44. The first-order chi connectivity index (χ1) is 15.5. The van der Waals surface area contributed by atoms with Crippen LogP contribution in [0.1, 0.15) is 21.3 Å². The van der Waals surface area contributed by atoms with Gasteiger partial charge in [-0.3, -0.25) is 10.3 Å². The third kappa shape index (κ3) is 5.03. The molecule has 172 valence electrons. The number of nitrogens with zero attached hydrogens (tertiary/aromatic N) is 7. The number of piperazine rings is 1. The van der Waals surface area contributed by atoms with Gasteiger partial charge in [0.05, 0.1) is 17.2 Å². The number of aliphatic imine (C=N–C) groups is 1. The van der Waals surface area contributed by atoms with E-state index in [1.165, 1.54) is 0 Å². The van der Waals surface area contributed by atoms with E-state index in [-0.39, 0.29) is 25.3 Å². The van der Waals surface area contributed by atoms with Gasteiger partial charge in [0.15, 0.2) is 6.19 Å². The number of nitrogens with two attached hydrogens (primary N) is 2. The first-order valence-electron chi connectivity index (χ1n) is 10.5. The van der Waals surface area contributed by atoms with Crippen LogP contribution in [-0.2, 0) is 0 Å². The van der Waals surface area contributed by atoms with Crippen LogP contribution in [0.15, 0.2) is 47.6 Å². The fraction of sp³-hybridized carbons (Fsp3) is 0.348. The van der Waals surface area contributed by atoms with E-state index >= 15 is 0 Å². The number of nitriles is 1. The molecule has 0 bridgehead atoms. The molecule has 0 radical (unpaired) electrons. The summed E-state index contributed by atoms with van der Waals surface area (Å²) in [5.41, 5.74) is 13.3. The van der Waals surface area contributed by atoms with Crippen molar-refractivity contribution < 1.29 is 0 Å². The number of nitrogens with one attached hydrogen (secondary N) is 1. The average Bonchev–Trinajstić information content (AvgIpc) is 2.78. The standard InChI is InChI=1S/C22H26N10.CH4/c1-14(2)18-12-31(20-11-19(24)29-21(25)30-20)9-10-32(18)22(27-13-23)28-17-7-3-6-16-15(17)5-4-8-26-16;/h3-8,11,14,18H,9-10,12H2,1-2H3,(H,27,28)(H4,24,25,29,30);1H4/t18-;/m0./s1. The van der Waals surface area contributed by atoms with Crippen LogP contribution in [-0.4, -0.2) is 51.5 Å². The van der Waals surface area contributed by atoms with Gasteiger partial charge >= 0.3 is 0 Å². The Balaban J connectivity index is 0.00000306. The van der Waals surface area contributed by atoms with E-state index in [4.69, 9.17) is 16.5 Å². The van der Waals surface area contributed by atoms with E-state index in [0.717, 1.165) is 16.6 Å². The Morgan fingerprint density at radius 3 is 2.76 bits per heavy atom. The SMILES string of the molecule is C.CC(C)[C@@H]1CN(c2cc(N)nc(N)n2)CCN1C(=Nc1cccc2ncccc12)NC#N. The number of rotatable bonds is 3. The average molecular weight is 447 g/mol. The summed E-state index contributed by atoms with van der Waals surface area (Å²) in [4.78, 5) is 21.8. The molecule has 0 amide bonds. The molecule has 10 heteroatoms. The highest BCUT2D eigenvalue weighted by Gasteiger charge is 2.32. The Morgan fingerprint density at radius 1 is 1.21 bits per heavy atom. The highest BCUT2D eigenvalue weighted by molar-refractivity contribution is 5.94. The zero-order valence-electron chi connectivity index (χ0n) is 18.1. The molecule has 0 aliphatic carbocycles. The van der Waals surface area contributed by atoms with Crippen LogP contribution in [0.3, 0.4) is 0 Å². The third-order valence-electron chi connectivity index (χ3n) is 5.55. The summed E-state index contributed by atoms with van der Waals surface area (Å²) >= 11 is 0. The molecule has 4 rings (SSSR count). The number of benzene rings is 1. The van der Waals surface area contributed by atoms with Crippen LogP contribution in [0.2, 0.25) is 0 Å². The van der Waals surface area contributed by atoms with E-state index in [1.807, 2.05) is 36.5 Å². The smallest absolute Gasteiger partial charge is 0.223 e. The summed E-state index contributed by atoms with van der Waals surface area (Å²) in [5, 5.41) is 13.2.